The largest absolute Gasteiger partial charge is 0.353 e. The Morgan fingerprint density at radius 1 is 1.10 bits per heavy atom. The van der Waals surface area contributed by atoms with Gasteiger partial charge in [-0.2, -0.15) is 0 Å². The van der Waals surface area contributed by atoms with E-state index in [2.05, 4.69) is 19.2 Å². The number of rotatable bonds is 2. The number of hydrogen-bond acceptors (Lipinski definition) is 3. The zero-order valence-electron chi connectivity index (χ0n) is 13.1. The van der Waals surface area contributed by atoms with E-state index in [0.29, 0.717) is 24.8 Å². The molecule has 3 rings (SSSR count). The highest BCUT2D eigenvalue weighted by Gasteiger charge is 2.59. The van der Waals surface area contributed by atoms with Crippen LogP contribution in [0.4, 0.5) is 0 Å². The molecule has 1 spiro atoms. The molecule has 0 aromatic heterocycles. The van der Waals surface area contributed by atoms with Crippen molar-refractivity contribution >= 4 is 15.7 Å². The molecular formula is C16H27NO3S. The molecule has 4 unspecified atom stereocenters. The Kier molecular flexibility index (Phi) is 3.83. The van der Waals surface area contributed by atoms with Crippen molar-refractivity contribution in [2.24, 2.45) is 23.2 Å². The summed E-state index contributed by atoms with van der Waals surface area (Å²) in [6, 6.07) is 0.327. The van der Waals surface area contributed by atoms with Gasteiger partial charge in [0.15, 0.2) is 0 Å². The Bertz CT molecular complexity index is 514. The van der Waals surface area contributed by atoms with Gasteiger partial charge in [-0.25, -0.2) is 8.42 Å². The minimum absolute atomic E-state index is 0.0168. The third kappa shape index (κ3) is 3.13. The second-order valence-corrected chi connectivity index (χ2v) is 10.0. The Balaban J connectivity index is 1.52. The molecule has 3 aliphatic rings. The molecule has 21 heavy (non-hydrogen) atoms. The first-order chi connectivity index (χ1) is 9.81. The standard InChI is InChI=1S/C16H27NO3S/c1-11-3-4-13(9-12(11)2)17-15(18)14-10-16(14)5-7-21(19,20)8-6-16/h11-14H,3-10H2,1-2H3,(H,17,18). The van der Waals surface area contributed by atoms with Gasteiger partial charge < -0.3 is 5.32 Å². The second-order valence-electron chi connectivity index (χ2n) is 7.74. The van der Waals surface area contributed by atoms with E-state index in [1.807, 2.05) is 0 Å². The van der Waals surface area contributed by atoms with Gasteiger partial charge in [-0.3, -0.25) is 4.79 Å². The molecule has 1 amide bonds. The van der Waals surface area contributed by atoms with Crippen molar-refractivity contribution in [3.63, 3.8) is 0 Å². The monoisotopic (exact) mass is 313 g/mol. The smallest absolute Gasteiger partial charge is 0.223 e. The SMILES string of the molecule is CC1CCC(NC(=O)C2CC23CCS(=O)(=O)CC3)CC1C. The number of carbonyl (C=O) groups excluding carboxylic acids is 1. The molecule has 0 bridgehead atoms. The Morgan fingerprint density at radius 3 is 2.38 bits per heavy atom. The number of nitrogens with one attached hydrogen (secondary N) is 1. The van der Waals surface area contributed by atoms with Crippen molar-refractivity contribution < 1.29 is 13.2 Å². The molecule has 0 aromatic carbocycles. The van der Waals surface area contributed by atoms with Gasteiger partial charge in [0.1, 0.15) is 9.84 Å². The number of hydrogen-bond donors (Lipinski definition) is 1. The molecule has 4 atom stereocenters. The summed E-state index contributed by atoms with van der Waals surface area (Å²) < 4.78 is 23.1. The van der Waals surface area contributed by atoms with Gasteiger partial charge in [-0.1, -0.05) is 13.8 Å². The van der Waals surface area contributed by atoms with Crippen LogP contribution in [0.1, 0.15) is 52.4 Å². The summed E-state index contributed by atoms with van der Waals surface area (Å²) in [5.74, 6) is 2.23. The maximum atomic E-state index is 12.4. The predicted octanol–water partition coefficient (Wildman–Crippen LogP) is 2.14. The lowest BCUT2D eigenvalue weighted by atomic mass is 9.79. The van der Waals surface area contributed by atoms with Crippen molar-refractivity contribution in [3.8, 4) is 0 Å². The van der Waals surface area contributed by atoms with E-state index >= 15 is 0 Å². The first-order valence-corrected chi connectivity index (χ1v) is 10.1. The van der Waals surface area contributed by atoms with Gasteiger partial charge in [0, 0.05) is 12.0 Å². The van der Waals surface area contributed by atoms with Crippen molar-refractivity contribution in [2.75, 3.05) is 11.5 Å². The van der Waals surface area contributed by atoms with E-state index in [0.717, 1.165) is 25.2 Å². The quantitative estimate of drug-likeness (QED) is 0.849. The van der Waals surface area contributed by atoms with Crippen molar-refractivity contribution in [1.82, 2.24) is 5.32 Å². The third-order valence-corrected chi connectivity index (χ3v) is 7.92. The van der Waals surface area contributed by atoms with Crippen LogP contribution in [0.15, 0.2) is 0 Å². The lowest BCUT2D eigenvalue weighted by molar-refractivity contribution is -0.124. The molecule has 0 radical (unpaired) electrons. The Hall–Kier alpha value is -0.580. The predicted molar refractivity (Wildman–Crippen MR) is 82.5 cm³/mol. The third-order valence-electron chi connectivity index (χ3n) is 6.27. The summed E-state index contributed by atoms with van der Waals surface area (Å²) in [7, 11) is -2.84. The average Bonchev–Trinajstić information content (AvgIpc) is 3.13. The van der Waals surface area contributed by atoms with Gasteiger partial charge in [-0.15, -0.1) is 0 Å². The van der Waals surface area contributed by atoms with E-state index in [-0.39, 0.29) is 28.7 Å². The van der Waals surface area contributed by atoms with Crippen molar-refractivity contribution in [2.45, 2.75) is 58.4 Å². The van der Waals surface area contributed by atoms with Crippen LogP contribution in [-0.4, -0.2) is 31.9 Å². The lowest BCUT2D eigenvalue weighted by Crippen LogP contribution is -2.41. The zero-order valence-corrected chi connectivity index (χ0v) is 13.9. The molecule has 5 heteroatoms. The van der Waals surface area contributed by atoms with Crippen LogP contribution >= 0.6 is 0 Å². The molecular weight excluding hydrogens is 286 g/mol. The fraction of sp³-hybridized carbons (Fsp3) is 0.938. The summed E-state index contributed by atoms with van der Waals surface area (Å²) in [6.07, 6.45) is 5.64. The first-order valence-electron chi connectivity index (χ1n) is 8.32. The van der Waals surface area contributed by atoms with Gasteiger partial charge in [0.25, 0.3) is 0 Å². The zero-order chi connectivity index (χ0) is 15.3. The number of sulfone groups is 1. The Morgan fingerprint density at radius 2 is 1.76 bits per heavy atom. The highest BCUT2D eigenvalue weighted by atomic mass is 32.2. The van der Waals surface area contributed by atoms with Crippen LogP contribution in [0.5, 0.6) is 0 Å². The first kappa shape index (κ1) is 15.3. The van der Waals surface area contributed by atoms with Crippen LogP contribution in [0, 0.1) is 23.2 Å². The van der Waals surface area contributed by atoms with E-state index in [1.54, 1.807) is 0 Å². The van der Waals surface area contributed by atoms with Gasteiger partial charge >= 0.3 is 0 Å². The van der Waals surface area contributed by atoms with Crippen molar-refractivity contribution in [1.29, 1.82) is 0 Å². The number of carbonyl (C=O) groups is 1. The molecule has 2 saturated carbocycles. The minimum atomic E-state index is -2.84. The van der Waals surface area contributed by atoms with E-state index in [4.69, 9.17) is 0 Å². The van der Waals surface area contributed by atoms with Crippen LogP contribution in [-0.2, 0) is 14.6 Å². The highest BCUT2D eigenvalue weighted by molar-refractivity contribution is 7.91. The number of amides is 1. The highest BCUT2D eigenvalue weighted by Crippen LogP contribution is 2.59. The fourth-order valence-corrected chi connectivity index (χ4v) is 5.84. The van der Waals surface area contributed by atoms with Crippen LogP contribution in [0.3, 0.4) is 0 Å². The molecule has 4 nitrogen and oxygen atoms in total. The average molecular weight is 313 g/mol. The van der Waals surface area contributed by atoms with Crippen LogP contribution < -0.4 is 5.32 Å². The second kappa shape index (κ2) is 5.25. The summed E-state index contributed by atoms with van der Waals surface area (Å²) >= 11 is 0. The fourth-order valence-electron chi connectivity index (χ4n) is 4.20. The molecule has 1 aliphatic heterocycles. The van der Waals surface area contributed by atoms with E-state index in [1.165, 1.54) is 6.42 Å². The van der Waals surface area contributed by atoms with Gasteiger partial charge in [0.05, 0.1) is 11.5 Å². The molecule has 0 aromatic rings. The molecule has 1 heterocycles. The normalized spacial score (nSPS) is 40.7. The molecule has 2 aliphatic carbocycles. The summed E-state index contributed by atoms with van der Waals surface area (Å²) in [6.45, 7) is 4.56. The lowest BCUT2D eigenvalue weighted by Gasteiger charge is -2.33. The van der Waals surface area contributed by atoms with E-state index < -0.39 is 9.84 Å². The molecule has 120 valence electrons. The summed E-state index contributed by atoms with van der Waals surface area (Å²) in [4.78, 5) is 12.4. The van der Waals surface area contributed by atoms with Gasteiger partial charge in [0.2, 0.25) is 5.91 Å². The van der Waals surface area contributed by atoms with E-state index in [9.17, 15) is 13.2 Å². The Labute approximate surface area is 128 Å². The summed E-state index contributed by atoms with van der Waals surface area (Å²) in [5.41, 5.74) is 0.0168. The van der Waals surface area contributed by atoms with Gasteiger partial charge in [-0.05, 0) is 55.8 Å². The molecule has 1 N–H and O–H groups in total. The maximum Gasteiger partial charge on any atom is 0.223 e. The van der Waals surface area contributed by atoms with Crippen molar-refractivity contribution in [3.05, 3.63) is 0 Å². The topological polar surface area (TPSA) is 63.2 Å². The van der Waals surface area contributed by atoms with Crippen LogP contribution in [0.25, 0.3) is 0 Å². The molecule has 1 saturated heterocycles. The van der Waals surface area contributed by atoms with Crippen LogP contribution in [0.2, 0.25) is 0 Å². The maximum absolute atomic E-state index is 12.4. The minimum Gasteiger partial charge on any atom is -0.353 e. The molecule has 3 fully saturated rings. The summed E-state index contributed by atoms with van der Waals surface area (Å²) in [5, 5.41) is 3.24.